The average molecular weight is 269 g/mol. The zero-order valence-electron chi connectivity index (χ0n) is 11.7. The number of carbonyl (C=O) groups excluding carboxylic acids is 1. The van der Waals surface area contributed by atoms with E-state index in [4.69, 9.17) is 5.11 Å². The number of carboxylic acid groups (broad SMARTS) is 1. The SMILES string of the molecule is CCN1CCN(C(=O)N2CCC(C(=O)O)C2)CC1C. The van der Waals surface area contributed by atoms with Crippen LogP contribution in [0.4, 0.5) is 4.79 Å². The molecule has 2 heterocycles. The van der Waals surface area contributed by atoms with E-state index in [2.05, 4.69) is 18.7 Å². The van der Waals surface area contributed by atoms with Crippen molar-refractivity contribution in [1.82, 2.24) is 14.7 Å². The number of piperazine rings is 1. The molecule has 2 unspecified atom stereocenters. The lowest BCUT2D eigenvalue weighted by Crippen LogP contribution is -2.56. The van der Waals surface area contributed by atoms with Crippen LogP contribution in [0.3, 0.4) is 0 Å². The van der Waals surface area contributed by atoms with E-state index in [9.17, 15) is 9.59 Å². The summed E-state index contributed by atoms with van der Waals surface area (Å²) in [6.45, 7) is 8.58. The number of likely N-dealkylation sites (tertiary alicyclic amines) is 1. The van der Waals surface area contributed by atoms with Gasteiger partial charge in [0, 0.05) is 38.8 Å². The van der Waals surface area contributed by atoms with Gasteiger partial charge in [-0.15, -0.1) is 0 Å². The lowest BCUT2D eigenvalue weighted by Gasteiger charge is -2.40. The van der Waals surface area contributed by atoms with Crippen molar-refractivity contribution in [2.24, 2.45) is 5.92 Å². The highest BCUT2D eigenvalue weighted by atomic mass is 16.4. The Bertz CT molecular complexity index is 361. The van der Waals surface area contributed by atoms with E-state index in [1.807, 2.05) is 4.90 Å². The third-order valence-electron chi connectivity index (χ3n) is 4.25. The topological polar surface area (TPSA) is 64.1 Å². The fourth-order valence-corrected chi connectivity index (χ4v) is 2.97. The molecule has 1 N–H and O–H groups in total. The Morgan fingerprint density at radius 3 is 2.37 bits per heavy atom. The van der Waals surface area contributed by atoms with E-state index in [0.29, 0.717) is 25.6 Å². The maximum atomic E-state index is 12.3. The first-order chi connectivity index (χ1) is 9.02. The first-order valence-corrected chi connectivity index (χ1v) is 7.03. The molecule has 2 atom stereocenters. The predicted octanol–water partition coefficient (Wildman–Crippen LogP) is 0.539. The molecular weight excluding hydrogens is 246 g/mol. The minimum absolute atomic E-state index is 0.00588. The Labute approximate surface area is 114 Å². The number of hydrogen-bond acceptors (Lipinski definition) is 3. The summed E-state index contributed by atoms with van der Waals surface area (Å²) in [6, 6.07) is 0.381. The van der Waals surface area contributed by atoms with E-state index < -0.39 is 11.9 Å². The van der Waals surface area contributed by atoms with Crippen LogP contribution in [0, 0.1) is 5.92 Å². The quantitative estimate of drug-likeness (QED) is 0.794. The van der Waals surface area contributed by atoms with Gasteiger partial charge in [0.25, 0.3) is 0 Å². The van der Waals surface area contributed by atoms with Crippen molar-refractivity contribution in [1.29, 1.82) is 0 Å². The second-order valence-corrected chi connectivity index (χ2v) is 5.48. The summed E-state index contributed by atoms with van der Waals surface area (Å²) in [5.41, 5.74) is 0. The minimum atomic E-state index is -0.792. The van der Waals surface area contributed by atoms with E-state index in [-0.39, 0.29) is 6.03 Å². The van der Waals surface area contributed by atoms with Crippen molar-refractivity contribution in [3.63, 3.8) is 0 Å². The molecule has 0 radical (unpaired) electrons. The molecule has 2 aliphatic rings. The number of amides is 2. The molecule has 2 rings (SSSR count). The summed E-state index contributed by atoms with van der Waals surface area (Å²) in [5, 5.41) is 8.97. The molecule has 0 bridgehead atoms. The highest BCUT2D eigenvalue weighted by Crippen LogP contribution is 2.19. The molecule has 0 aromatic rings. The van der Waals surface area contributed by atoms with E-state index in [1.54, 1.807) is 4.90 Å². The highest BCUT2D eigenvalue weighted by molar-refractivity contribution is 5.77. The van der Waals surface area contributed by atoms with Gasteiger partial charge in [-0.2, -0.15) is 0 Å². The van der Waals surface area contributed by atoms with Gasteiger partial charge in [-0.05, 0) is 19.9 Å². The molecule has 0 spiro atoms. The van der Waals surface area contributed by atoms with Crippen molar-refractivity contribution >= 4 is 12.0 Å². The lowest BCUT2D eigenvalue weighted by molar-refractivity contribution is -0.141. The van der Waals surface area contributed by atoms with Crippen LogP contribution in [0.2, 0.25) is 0 Å². The summed E-state index contributed by atoms with van der Waals surface area (Å²) in [7, 11) is 0. The van der Waals surface area contributed by atoms with Gasteiger partial charge in [0.1, 0.15) is 0 Å². The summed E-state index contributed by atoms with van der Waals surface area (Å²) >= 11 is 0. The predicted molar refractivity (Wildman–Crippen MR) is 71.0 cm³/mol. The molecule has 2 saturated heterocycles. The molecular formula is C13H23N3O3. The Morgan fingerprint density at radius 2 is 1.84 bits per heavy atom. The molecule has 0 aromatic carbocycles. The molecule has 6 heteroatoms. The molecule has 6 nitrogen and oxygen atoms in total. The van der Waals surface area contributed by atoms with Crippen molar-refractivity contribution in [2.75, 3.05) is 39.3 Å². The smallest absolute Gasteiger partial charge is 0.320 e. The fraction of sp³-hybridized carbons (Fsp3) is 0.846. The van der Waals surface area contributed by atoms with Crippen LogP contribution in [-0.4, -0.2) is 77.1 Å². The largest absolute Gasteiger partial charge is 0.481 e. The van der Waals surface area contributed by atoms with Gasteiger partial charge < -0.3 is 14.9 Å². The van der Waals surface area contributed by atoms with E-state index >= 15 is 0 Å². The Balaban J connectivity index is 1.89. The molecule has 0 aliphatic carbocycles. The van der Waals surface area contributed by atoms with Crippen LogP contribution in [0.25, 0.3) is 0 Å². The van der Waals surface area contributed by atoms with Crippen LogP contribution < -0.4 is 0 Å². The number of rotatable bonds is 2. The summed E-state index contributed by atoms with van der Waals surface area (Å²) in [5.74, 6) is -1.18. The second-order valence-electron chi connectivity index (χ2n) is 5.48. The lowest BCUT2D eigenvalue weighted by atomic mass is 10.1. The van der Waals surface area contributed by atoms with Crippen LogP contribution in [0.1, 0.15) is 20.3 Å². The number of carbonyl (C=O) groups is 2. The first kappa shape index (κ1) is 14.1. The number of nitrogens with zero attached hydrogens (tertiary/aromatic N) is 3. The van der Waals surface area contributed by atoms with Gasteiger partial charge in [-0.3, -0.25) is 9.69 Å². The van der Waals surface area contributed by atoms with E-state index in [1.165, 1.54) is 0 Å². The Morgan fingerprint density at radius 1 is 1.16 bits per heavy atom. The van der Waals surface area contributed by atoms with Crippen LogP contribution in [0.15, 0.2) is 0 Å². The summed E-state index contributed by atoms with van der Waals surface area (Å²) in [6.07, 6.45) is 0.575. The number of likely N-dealkylation sites (N-methyl/N-ethyl adjacent to an activating group) is 1. The maximum absolute atomic E-state index is 12.3. The van der Waals surface area contributed by atoms with Gasteiger partial charge in [-0.1, -0.05) is 6.92 Å². The Kier molecular flexibility index (Phi) is 4.29. The van der Waals surface area contributed by atoms with Gasteiger partial charge in [0.2, 0.25) is 0 Å². The highest BCUT2D eigenvalue weighted by Gasteiger charge is 2.34. The number of carboxylic acids is 1. The monoisotopic (exact) mass is 269 g/mol. The van der Waals surface area contributed by atoms with Crippen LogP contribution in [0.5, 0.6) is 0 Å². The molecule has 2 amide bonds. The normalized spacial score (nSPS) is 28.7. The minimum Gasteiger partial charge on any atom is -0.481 e. The number of urea groups is 1. The van der Waals surface area contributed by atoms with Crippen molar-refractivity contribution in [3.8, 4) is 0 Å². The summed E-state index contributed by atoms with van der Waals surface area (Å²) in [4.78, 5) is 29.2. The zero-order chi connectivity index (χ0) is 14.0. The van der Waals surface area contributed by atoms with Crippen molar-refractivity contribution < 1.29 is 14.7 Å². The third-order valence-corrected chi connectivity index (χ3v) is 4.25. The summed E-state index contributed by atoms with van der Waals surface area (Å²) < 4.78 is 0. The molecule has 0 saturated carbocycles. The van der Waals surface area contributed by atoms with Gasteiger partial charge in [-0.25, -0.2) is 4.79 Å². The third kappa shape index (κ3) is 3.00. The van der Waals surface area contributed by atoms with Crippen molar-refractivity contribution in [3.05, 3.63) is 0 Å². The molecule has 19 heavy (non-hydrogen) atoms. The van der Waals surface area contributed by atoms with Crippen LogP contribution >= 0.6 is 0 Å². The number of aliphatic carboxylic acids is 1. The standard InChI is InChI=1S/C13H23N3O3/c1-3-14-6-7-16(8-10(14)2)13(19)15-5-4-11(9-15)12(17)18/h10-11H,3-9H2,1-2H3,(H,17,18). The second kappa shape index (κ2) is 5.77. The first-order valence-electron chi connectivity index (χ1n) is 7.03. The molecule has 2 fully saturated rings. The van der Waals surface area contributed by atoms with Crippen LogP contribution in [-0.2, 0) is 4.79 Å². The van der Waals surface area contributed by atoms with E-state index in [0.717, 1.165) is 26.2 Å². The molecule has 2 aliphatic heterocycles. The van der Waals surface area contributed by atoms with Gasteiger partial charge in [0.15, 0.2) is 0 Å². The maximum Gasteiger partial charge on any atom is 0.320 e. The van der Waals surface area contributed by atoms with Gasteiger partial charge in [0.05, 0.1) is 5.92 Å². The molecule has 108 valence electrons. The van der Waals surface area contributed by atoms with Gasteiger partial charge >= 0.3 is 12.0 Å². The zero-order valence-corrected chi connectivity index (χ0v) is 11.7. The number of hydrogen-bond donors (Lipinski definition) is 1. The molecule has 0 aromatic heterocycles. The average Bonchev–Trinajstić information content (AvgIpc) is 2.87. The fourth-order valence-electron chi connectivity index (χ4n) is 2.97. The Hall–Kier alpha value is -1.30. The van der Waals surface area contributed by atoms with Crippen molar-refractivity contribution in [2.45, 2.75) is 26.3 Å².